The van der Waals surface area contributed by atoms with E-state index < -0.39 is 0 Å². The number of esters is 1. The third-order valence-corrected chi connectivity index (χ3v) is 10.1. The van der Waals surface area contributed by atoms with Gasteiger partial charge in [-0.3, -0.25) is 4.79 Å². The predicted octanol–water partition coefficient (Wildman–Crippen LogP) is 7.74. The molecule has 0 unspecified atom stereocenters. The van der Waals surface area contributed by atoms with E-state index in [1.54, 1.807) is 12.5 Å². The van der Waals surface area contributed by atoms with Gasteiger partial charge in [0.15, 0.2) is 0 Å². The fourth-order valence-corrected chi connectivity index (χ4v) is 8.57. The second-order valence-corrected chi connectivity index (χ2v) is 12.4. The Balaban J connectivity index is 1.50. The number of hydrogen-bond donors (Lipinski definition) is 0. The fraction of sp³-hybridized carbons (Fsp3) is 0.828. The van der Waals surface area contributed by atoms with Gasteiger partial charge in [-0.25, -0.2) is 0 Å². The molecule has 4 rings (SSSR count). The van der Waals surface area contributed by atoms with Crippen molar-refractivity contribution in [2.24, 2.45) is 46.3 Å². The van der Waals surface area contributed by atoms with Gasteiger partial charge in [-0.2, -0.15) is 0 Å². The monoisotopic (exact) mass is 426 g/mol. The number of allylic oxidation sites excluding steroid dienone is 3. The third-order valence-electron chi connectivity index (χ3n) is 10.1. The first kappa shape index (κ1) is 23.1. The van der Waals surface area contributed by atoms with Gasteiger partial charge >= 0.3 is 5.97 Å². The van der Waals surface area contributed by atoms with Crippen LogP contribution in [0.4, 0.5) is 0 Å². The highest BCUT2D eigenvalue weighted by atomic mass is 16.5. The summed E-state index contributed by atoms with van der Waals surface area (Å²) in [4.78, 5) is 11.5. The highest BCUT2D eigenvalue weighted by Gasteiger charge is 2.59. The molecule has 2 nitrogen and oxygen atoms in total. The van der Waals surface area contributed by atoms with Crippen molar-refractivity contribution in [3.63, 3.8) is 0 Å². The van der Waals surface area contributed by atoms with Gasteiger partial charge in [-0.15, -0.1) is 0 Å². The average molecular weight is 427 g/mol. The smallest absolute Gasteiger partial charge is 0.302 e. The molecule has 0 spiro atoms. The predicted molar refractivity (Wildman–Crippen MR) is 129 cm³/mol. The highest BCUT2D eigenvalue weighted by molar-refractivity contribution is 5.66. The van der Waals surface area contributed by atoms with Gasteiger partial charge in [0, 0.05) is 13.3 Å². The zero-order valence-electron chi connectivity index (χ0n) is 21.0. The summed E-state index contributed by atoms with van der Waals surface area (Å²) in [5, 5.41) is 0. The molecular weight excluding hydrogens is 380 g/mol. The maximum atomic E-state index is 11.5. The molecule has 0 saturated heterocycles. The highest BCUT2D eigenvalue weighted by Crippen LogP contribution is 2.67. The molecule has 8 atom stereocenters. The van der Waals surface area contributed by atoms with Crippen LogP contribution >= 0.6 is 0 Å². The molecule has 4 aliphatic rings. The lowest BCUT2D eigenvalue weighted by molar-refractivity contribution is -0.148. The van der Waals surface area contributed by atoms with Crippen molar-refractivity contribution in [3.8, 4) is 0 Å². The number of carbonyl (C=O) groups is 1. The molecule has 0 aromatic rings. The minimum absolute atomic E-state index is 0.108. The second-order valence-electron chi connectivity index (χ2n) is 12.4. The van der Waals surface area contributed by atoms with Crippen LogP contribution in [0.2, 0.25) is 0 Å². The van der Waals surface area contributed by atoms with Crippen LogP contribution in [0.1, 0.15) is 99.3 Å². The van der Waals surface area contributed by atoms with Crippen molar-refractivity contribution < 1.29 is 9.53 Å². The van der Waals surface area contributed by atoms with Crippen molar-refractivity contribution in [3.05, 3.63) is 23.8 Å². The van der Waals surface area contributed by atoms with Crippen molar-refractivity contribution in [2.75, 3.05) is 0 Å². The zero-order valence-corrected chi connectivity index (χ0v) is 21.0. The van der Waals surface area contributed by atoms with Crippen molar-refractivity contribution in [2.45, 2.75) is 105 Å². The van der Waals surface area contributed by atoms with Crippen molar-refractivity contribution in [1.29, 1.82) is 0 Å². The summed E-state index contributed by atoms with van der Waals surface area (Å²) in [6.07, 6.45) is 19.0. The Labute approximate surface area is 191 Å². The molecule has 31 heavy (non-hydrogen) atoms. The molecule has 0 N–H and O–H groups in total. The molecule has 3 fully saturated rings. The second kappa shape index (κ2) is 8.71. The van der Waals surface area contributed by atoms with Gasteiger partial charge in [0.25, 0.3) is 0 Å². The minimum Gasteiger partial charge on any atom is -0.462 e. The van der Waals surface area contributed by atoms with E-state index in [4.69, 9.17) is 4.74 Å². The first-order valence-corrected chi connectivity index (χ1v) is 13.2. The Kier molecular flexibility index (Phi) is 6.50. The largest absolute Gasteiger partial charge is 0.462 e. The summed E-state index contributed by atoms with van der Waals surface area (Å²) < 4.78 is 5.61. The number of rotatable bonds is 5. The van der Waals surface area contributed by atoms with Crippen LogP contribution in [0.5, 0.6) is 0 Å². The van der Waals surface area contributed by atoms with E-state index >= 15 is 0 Å². The number of hydrogen-bond acceptors (Lipinski definition) is 2. The van der Waals surface area contributed by atoms with E-state index in [0.29, 0.717) is 16.7 Å². The van der Waals surface area contributed by atoms with E-state index in [1.165, 1.54) is 44.9 Å². The molecule has 0 amide bonds. The SMILES string of the molecule is CC(=O)O[C@@H]1CC[C@@]2(C)C(=CC[C@H]3[C@@H]4CC[C@H]([C@H](C)/C=C/CC(C)C)[C@@]4(C)CC[C@@H]32)C1. The lowest BCUT2D eigenvalue weighted by atomic mass is 9.47. The number of carbonyl (C=O) groups excluding carboxylic acids is 1. The Bertz CT molecular complexity index is 733. The third kappa shape index (κ3) is 4.18. The van der Waals surface area contributed by atoms with Crippen LogP contribution in [0.25, 0.3) is 0 Å². The maximum Gasteiger partial charge on any atom is 0.302 e. The number of fused-ring (bicyclic) bond motifs is 5. The first-order chi connectivity index (χ1) is 14.6. The van der Waals surface area contributed by atoms with Crippen LogP contribution < -0.4 is 0 Å². The van der Waals surface area contributed by atoms with Gasteiger partial charge in [0.05, 0.1) is 0 Å². The topological polar surface area (TPSA) is 26.3 Å². The average Bonchev–Trinajstić information content (AvgIpc) is 3.05. The zero-order chi connectivity index (χ0) is 22.4. The van der Waals surface area contributed by atoms with Crippen molar-refractivity contribution in [1.82, 2.24) is 0 Å². The molecule has 174 valence electrons. The minimum atomic E-state index is -0.120. The standard InChI is InChI=1S/C29H46O2/c1-19(2)8-7-9-20(3)25-12-13-26-24-11-10-22-18-23(31-21(4)30)14-16-28(22,5)27(24)15-17-29(25,26)6/h7,9-10,19-20,23-27H,8,11-18H2,1-6H3/b9-7+/t20-,23-,24+,25-,26+,27+,28+,29-/m1/s1. The van der Waals surface area contributed by atoms with Crippen LogP contribution in [0.3, 0.4) is 0 Å². The van der Waals surface area contributed by atoms with E-state index in [-0.39, 0.29) is 12.1 Å². The van der Waals surface area contributed by atoms with Crippen LogP contribution in [0.15, 0.2) is 23.8 Å². The van der Waals surface area contributed by atoms with Crippen LogP contribution in [0, 0.1) is 46.3 Å². The van der Waals surface area contributed by atoms with E-state index in [0.717, 1.165) is 42.4 Å². The molecule has 2 heteroatoms. The molecule has 0 bridgehead atoms. The van der Waals surface area contributed by atoms with E-state index in [1.807, 2.05) is 0 Å². The Morgan fingerprint density at radius 2 is 1.90 bits per heavy atom. The molecule has 0 radical (unpaired) electrons. The van der Waals surface area contributed by atoms with Gasteiger partial charge in [0.2, 0.25) is 0 Å². The Morgan fingerprint density at radius 1 is 1.13 bits per heavy atom. The fourth-order valence-electron chi connectivity index (χ4n) is 8.57. The molecule has 0 aromatic carbocycles. The summed E-state index contributed by atoms with van der Waals surface area (Å²) >= 11 is 0. The molecule has 0 aromatic heterocycles. The number of ether oxygens (including phenoxy) is 1. The summed E-state index contributed by atoms with van der Waals surface area (Å²) in [6.45, 7) is 13.9. The van der Waals surface area contributed by atoms with Gasteiger partial charge < -0.3 is 4.74 Å². The van der Waals surface area contributed by atoms with Gasteiger partial charge in [-0.1, -0.05) is 58.4 Å². The summed E-state index contributed by atoms with van der Waals surface area (Å²) in [5.41, 5.74) is 2.45. The van der Waals surface area contributed by atoms with E-state index in [9.17, 15) is 4.79 Å². The molecule has 0 heterocycles. The van der Waals surface area contributed by atoms with Crippen LogP contribution in [-0.2, 0) is 9.53 Å². The summed E-state index contributed by atoms with van der Waals surface area (Å²) in [6, 6.07) is 0. The molecule has 0 aliphatic heterocycles. The van der Waals surface area contributed by atoms with Gasteiger partial charge in [0.1, 0.15) is 6.10 Å². The normalized spacial score (nSPS) is 43.2. The summed E-state index contributed by atoms with van der Waals surface area (Å²) in [5.74, 6) is 4.76. The molecular formula is C29H46O2. The van der Waals surface area contributed by atoms with Gasteiger partial charge in [-0.05, 0) is 97.7 Å². The molecule has 4 aliphatic carbocycles. The summed E-state index contributed by atoms with van der Waals surface area (Å²) in [7, 11) is 0. The van der Waals surface area contributed by atoms with Crippen LogP contribution in [-0.4, -0.2) is 12.1 Å². The first-order valence-electron chi connectivity index (χ1n) is 13.2. The Morgan fingerprint density at radius 3 is 2.61 bits per heavy atom. The lowest BCUT2D eigenvalue weighted by Crippen LogP contribution is -2.51. The lowest BCUT2D eigenvalue weighted by Gasteiger charge is -2.58. The molecule has 3 saturated carbocycles. The van der Waals surface area contributed by atoms with E-state index in [2.05, 4.69) is 52.8 Å². The Hall–Kier alpha value is -1.05. The maximum absolute atomic E-state index is 11.5. The van der Waals surface area contributed by atoms with Crippen molar-refractivity contribution >= 4 is 5.97 Å². The quantitative estimate of drug-likeness (QED) is 0.332.